The second kappa shape index (κ2) is 3.01. The van der Waals surface area contributed by atoms with Crippen LogP contribution in [0, 0.1) is 0 Å². The molecular formula is C8H9NO. The van der Waals surface area contributed by atoms with Crippen LogP contribution in [0.25, 0.3) is 12.8 Å². The molecule has 0 atom stereocenters. The maximum Gasteiger partial charge on any atom is 0.109 e. The minimum absolute atomic E-state index is 0.782. The van der Waals surface area contributed by atoms with Gasteiger partial charge in [-0.2, -0.15) is 0 Å². The van der Waals surface area contributed by atoms with Gasteiger partial charge in [0.25, 0.3) is 0 Å². The summed E-state index contributed by atoms with van der Waals surface area (Å²) in [6, 6.07) is 3.73. The highest BCUT2D eigenvalue weighted by atomic mass is 16.5. The molecular weight excluding hydrogens is 126 g/mol. The standard InChI is InChI=1S/C8H9NO/c1-7-4-3-5-9-8(7)6-10-2/h3-6H,1H2,2H3/b8-6-. The Balaban J connectivity index is 3.29. The Morgan fingerprint density at radius 3 is 3.10 bits per heavy atom. The molecule has 0 unspecified atom stereocenters. The van der Waals surface area contributed by atoms with E-state index in [2.05, 4.69) is 11.6 Å². The Labute approximate surface area is 59.5 Å². The number of ether oxygens (including phenoxy) is 1. The first kappa shape index (κ1) is 6.81. The average molecular weight is 135 g/mol. The van der Waals surface area contributed by atoms with Crippen molar-refractivity contribution in [1.82, 2.24) is 4.98 Å². The topological polar surface area (TPSA) is 22.1 Å². The predicted octanol–water partition coefficient (Wildman–Crippen LogP) is -0.124. The van der Waals surface area contributed by atoms with Gasteiger partial charge in [-0.1, -0.05) is 12.6 Å². The zero-order valence-corrected chi connectivity index (χ0v) is 5.87. The van der Waals surface area contributed by atoms with Crippen molar-refractivity contribution in [3.05, 3.63) is 28.9 Å². The van der Waals surface area contributed by atoms with Crippen molar-refractivity contribution in [3.8, 4) is 0 Å². The van der Waals surface area contributed by atoms with E-state index in [4.69, 9.17) is 4.74 Å². The molecule has 0 aliphatic heterocycles. The van der Waals surface area contributed by atoms with E-state index in [0.717, 1.165) is 10.6 Å². The molecule has 2 heteroatoms. The molecule has 1 rings (SSSR count). The second-order valence-electron chi connectivity index (χ2n) is 1.90. The van der Waals surface area contributed by atoms with E-state index in [1.54, 1.807) is 19.6 Å². The van der Waals surface area contributed by atoms with Gasteiger partial charge in [0.2, 0.25) is 0 Å². The summed E-state index contributed by atoms with van der Waals surface area (Å²) in [7, 11) is 1.59. The molecule has 0 N–H and O–H groups in total. The third-order valence-corrected chi connectivity index (χ3v) is 1.16. The maximum absolute atomic E-state index is 4.78. The molecule has 0 saturated carbocycles. The molecule has 0 radical (unpaired) electrons. The quantitative estimate of drug-likeness (QED) is 0.535. The lowest BCUT2D eigenvalue weighted by Gasteiger charge is -1.86. The minimum Gasteiger partial charge on any atom is -0.502 e. The molecule has 0 aliphatic carbocycles. The van der Waals surface area contributed by atoms with Gasteiger partial charge in [-0.05, 0) is 11.3 Å². The Kier molecular flexibility index (Phi) is 2.05. The van der Waals surface area contributed by atoms with Gasteiger partial charge >= 0.3 is 0 Å². The molecule has 1 heterocycles. The normalized spacial score (nSPS) is 11.5. The van der Waals surface area contributed by atoms with Gasteiger partial charge in [0.1, 0.15) is 11.6 Å². The van der Waals surface area contributed by atoms with Crippen molar-refractivity contribution in [1.29, 1.82) is 0 Å². The SMILES string of the molecule is C=c1cccn/c1=C\OC. The van der Waals surface area contributed by atoms with Gasteiger partial charge in [-0.3, -0.25) is 4.98 Å². The van der Waals surface area contributed by atoms with Crippen LogP contribution >= 0.6 is 0 Å². The highest BCUT2D eigenvalue weighted by molar-refractivity contribution is 5.14. The summed E-state index contributed by atoms with van der Waals surface area (Å²) in [5, 5.41) is 1.66. The number of hydrogen-bond acceptors (Lipinski definition) is 2. The Bertz CT molecular complexity index is 305. The number of rotatable bonds is 1. The number of hydrogen-bond donors (Lipinski definition) is 0. The zero-order valence-electron chi connectivity index (χ0n) is 5.87. The molecule has 1 aromatic heterocycles. The summed E-state index contributed by atoms with van der Waals surface area (Å²) in [4.78, 5) is 4.02. The first-order chi connectivity index (χ1) is 4.84. The number of nitrogens with zero attached hydrogens (tertiary/aromatic N) is 1. The molecule has 0 bridgehead atoms. The second-order valence-corrected chi connectivity index (χ2v) is 1.90. The van der Waals surface area contributed by atoms with Gasteiger partial charge in [-0.15, -0.1) is 0 Å². The first-order valence-electron chi connectivity index (χ1n) is 2.97. The van der Waals surface area contributed by atoms with Gasteiger partial charge < -0.3 is 4.74 Å². The van der Waals surface area contributed by atoms with Crippen LogP contribution in [0.3, 0.4) is 0 Å². The highest BCUT2D eigenvalue weighted by Crippen LogP contribution is 1.65. The van der Waals surface area contributed by atoms with Gasteiger partial charge in [0.05, 0.1) is 7.11 Å². The van der Waals surface area contributed by atoms with E-state index < -0.39 is 0 Å². The zero-order chi connectivity index (χ0) is 7.40. The van der Waals surface area contributed by atoms with Gasteiger partial charge in [0, 0.05) is 6.20 Å². The monoisotopic (exact) mass is 135 g/mol. The van der Waals surface area contributed by atoms with Crippen LogP contribution in [0.1, 0.15) is 0 Å². The van der Waals surface area contributed by atoms with Crippen LogP contribution < -0.4 is 10.6 Å². The van der Waals surface area contributed by atoms with Crippen LogP contribution in [-0.4, -0.2) is 12.1 Å². The van der Waals surface area contributed by atoms with Crippen molar-refractivity contribution < 1.29 is 4.74 Å². The summed E-state index contributed by atoms with van der Waals surface area (Å²) in [6.45, 7) is 3.77. The van der Waals surface area contributed by atoms with Crippen LogP contribution in [0.5, 0.6) is 0 Å². The lowest BCUT2D eigenvalue weighted by molar-refractivity contribution is 0.390. The predicted molar refractivity (Wildman–Crippen MR) is 40.5 cm³/mol. The van der Waals surface area contributed by atoms with E-state index in [1.807, 2.05) is 12.1 Å². The molecule has 1 aromatic rings. The third-order valence-electron chi connectivity index (χ3n) is 1.16. The molecule has 0 spiro atoms. The molecule has 2 nitrogen and oxygen atoms in total. The number of aromatic nitrogens is 1. The van der Waals surface area contributed by atoms with E-state index in [0.29, 0.717) is 0 Å². The molecule has 52 valence electrons. The number of methoxy groups -OCH3 is 1. The molecule has 0 saturated heterocycles. The van der Waals surface area contributed by atoms with Crippen molar-refractivity contribution in [2.75, 3.05) is 7.11 Å². The minimum atomic E-state index is 0.782. The van der Waals surface area contributed by atoms with E-state index in [-0.39, 0.29) is 0 Å². The fraction of sp³-hybridized carbons (Fsp3) is 0.125. The molecule has 0 fully saturated rings. The van der Waals surface area contributed by atoms with Crippen LogP contribution in [0.4, 0.5) is 0 Å². The Hall–Kier alpha value is -1.31. The lowest BCUT2D eigenvalue weighted by atomic mass is 10.4. The van der Waals surface area contributed by atoms with Crippen molar-refractivity contribution in [3.63, 3.8) is 0 Å². The van der Waals surface area contributed by atoms with E-state index >= 15 is 0 Å². The summed E-state index contributed by atoms with van der Waals surface area (Å²) in [6.07, 6.45) is 3.28. The molecule has 0 amide bonds. The maximum atomic E-state index is 4.78. The Morgan fingerprint density at radius 2 is 2.50 bits per heavy atom. The van der Waals surface area contributed by atoms with Crippen LogP contribution in [0.15, 0.2) is 18.3 Å². The lowest BCUT2D eigenvalue weighted by Crippen LogP contribution is -2.25. The van der Waals surface area contributed by atoms with Crippen molar-refractivity contribution in [2.45, 2.75) is 0 Å². The largest absolute Gasteiger partial charge is 0.502 e. The first-order valence-corrected chi connectivity index (χ1v) is 2.97. The summed E-state index contributed by atoms with van der Waals surface area (Å²) < 4.78 is 4.78. The highest BCUT2D eigenvalue weighted by Gasteiger charge is 1.78. The molecule has 0 aromatic carbocycles. The van der Waals surface area contributed by atoms with Crippen LogP contribution in [-0.2, 0) is 4.74 Å². The van der Waals surface area contributed by atoms with Crippen LogP contribution in [0.2, 0.25) is 0 Å². The molecule has 0 aliphatic rings. The number of pyridine rings is 1. The summed E-state index contributed by atoms with van der Waals surface area (Å²) >= 11 is 0. The smallest absolute Gasteiger partial charge is 0.109 e. The fourth-order valence-electron chi connectivity index (χ4n) is 0.669. The summed E-state index contributed by atoms with van der Waals surface area (Å²) in [5.41, 5.74) is 0. The van der Waals surface area contributed by atoms with E-state index in [1.165, 1.54) is 0 Å². The molecule has 10 heavy (non-hydrogen) atoms. The van der Waals surface area contributed by atoms with Gasteiger partial charge in [0.15, 0.2) is 0 Å². The van der Waals surface area contributed by atoms with Crippen molar-refractivity contribution in [2.24, 2.45) is 0 Å². The van der Waals surface area contributed by atoms with Crippen molar-refractivity contribution >= 4 is 12.8 Å². The van der Waals surface area contributed by atoms with Gasteiger partial charge in [-0.25, -0.2) is 0 Å². The average Bonchev–Trinajstić information content (AvgIpc) is 1.94. The fourth-order valence-corrected chi connectivity index (χ4v) is 0.669. The Morgan fingerprint density at radius 1 is 1.70 bits per heavy atom. The van der Waals surface area contributed by atoms with E-state index in [9.17, 15) is 0 Å². The summed E-state index contributed by atoms with van der Waals surface area (Å²) in [5.74, 6) is 0. The third kappa shape index (κ3) is 1.35.